The molecule has 1 atom stereocenters. The molecule has 1 saturated heterocycles. The van der Waals surface area contributed by atoms with Crippen LogP contribution in [0.25, 0.3) is 0 Å². The van der Waals surface area contributed by atoms with E-state index in [1.165, 1.54) is 0 Å². The first-order chi connectivity index (χ1) is 15.6. The molecule has 3 N–H and O–H groups in total. The van der Waals surface area contributed by atoms with E-state index in [2.05, 4.69) is 20.3 Å². The minimum absolute atomic E-state index is 0.0369. The molecule has 0 spiro atoms. The Hall–Kier alpha value is -3.72. The molecule has 1 aliphatic rings. The van der Waals surface area contributed by atoms with Crippen LogP contribution in [0.2, 0.25) is 0 Å². The van der Waals surface area contributed by atoms with Crippen LogP contribution in [0.15, 0.2) is 48.5 Å². The summed E-state index contributed by atoms with van der Waals surface area (Å²) in [6, 6.07) is 14.5. The van der Waals surface area contributed by atoms with Crippen molar-refractivity contribution in [1.82, 2.24) is 15.0 Å². The molecule has 0 aliphatic carbocycles. The molecule has 2 aromatic carbocycles. The number of aromatic nitrogens is 3. The van der Waals surface area contributed by atoms with Crippen LogP contribution in [0.3, 0.4) is 0 Å². The Morgan fingerprint density at radius 3 is 2.72 bits per heavy atom. The second kappa shape index (κ2) is 10.1. The molecule has 2 heterocycles. The van der Waals surface area contributed by atoms with Crippen LogP contribution in [0.5, 0.6) is 5.75 Å². The van der Waals surface area contributed by atoms with Crippen molar-refractivity contribution in [3.05, 3.63) is 65.5 Å². The summed E-state index contributed by atoms with van der Waals surface area (Å²) < 4.78 is 16.6. The molecule has 0 amide bonds. The van der Waals surface area contributed by atoms with E-state index in [4.69, 9.17) is 19.9 Å². The van der Waals surface area contributed by atoms with E-state index in [1.54, 1.807) is 24.3 Å². The molecule has 0 radical (unpaired) electrons. The fourth-order valence-corrected chi connectivity index (χ4v) is 3.26. The summed E-state index contributed by atoms with van der Waals surface area (Å²) in [5.41, 5.74) is 8.07. The highest BCUT2D eigenvalue weighted by molar-refractivity contribution is 5.89. The molecule has 1 aromatic heterocycles. The minimum atomic E-state index is -0.497. The topological polar surface area (TPSA) is 121 Å². The Morgan fingerprint density at radius 2 is 1.97 bits per heavy atom. The molecular formula is C23H25N5O4. The lowest BCUT2D eigenvalue weighted by Gasteiger charge is -2.12. The number of benzene rings is 2. The summed E-state index contributed by atoms with van der Waals surface area (Å²) in [6.45, 7) is 3.12. The number of carbonyl (C=O) groups is 1. The van der Waals surface area contributed by atoms with Crippen molar-refractivity contribution in [3.8, 4) is 5.75 Å². The van der Waals surface area contributed by atoms with Crippen molar-refractivity contribution in [2.45, 2.75) is 32.5 Å². The van der Waals surface area contributed by atoms with Crippen LogP contribution in [0.1, 0.15) is 34.6 Å². The number of anilines is 3. The quantitative estimate of drug-likeness (QED) is 0.513. The largest absolute Gasteiger partial charge is 0.491 e. The zero-order valence-electron chi connectivity index (χ0n) is 17.8. The van der Waals surface area contributed by atoms with Crippen LogP contribution < -0.4 is 15.8 Å². The predicted octanol–water partition coefficient (Wildman–Crippen LogP) is 3.42. The van der Waals surface area contributed by atoms with Crippen molar-refractivity contribution in [3.63, 3.8) is 0 Å². The van der Waals surface area contributed by atoms with Crippen LogP contribution in [-0.4, -0.2) is 40.2 Å². The molecule has 0 saturated carbocycles. The molecule has 9 heteroatoms. The summed E-state index contributed by atoms with van der Waals surface area (Å²) in [6.07, 6.45) is 2.21. The standard InChI is InChI=1S/C23H25N5O4/c1-15-5-2-3-7-19(15)25-23-27-20(26-22(24)28-23)14-32-21(29)16-8-10-17(11-9-16)31-13-18-6-4-12-30-18/h2-3,5,7-11,18H,4,6,12-14H2,1H3,(H3,24,25,26,27,28). The van der Waals surface area contributed by atoms with Gasteiger partial charge in [-0.15, -0.1) is 0 Å². The van der Waals surface area contributed by atoms with Gasteiger partial charge >= 0.3 is 5.97 Å². The van der Waals surface area contributed by atoms with Gasteiger partial charge in [0.05, 0.1) is 11.7 Å². The molecule has 1 unspecified atom stereocenters. The van der Waals surface area contributed by atoms with Gasteiger partial charge in [-0.2, -0.15) is 15.0 Å². The third-order valence-corrected chi connectivity index (χ3v) is 4.97. The molecule has 1 aliphatic heterocycles. The van der Waals surface area contributed by atoms with Crippen molar-refractivity contribution in [2.24, 2.45) is 0 Å². The maximum atomic E-state index is 12.4. The van der Waals surface area contributed by atoms with Gasteiger partial charge in [-0.1, -0.05) is 18.2 Å². The van der Waals surface area contributed by atoms with Crippen LogP contribution in [-0.2, 0) is 16.1 Å². The van der Waals surface area contributed by atoms with Gasteiger partial charge in [-0.3, -0.25) is 0 Å². The van der Waals surface area contributed by atoms with Crippen molar-refractivity contribution >= 4 is 23.6 Å². The van der Waals surface area contributed by atoms with Gasteiger partial charge in [0, 0.05) is 12.3 Å². The summed E-state index contributed by atoms with van der Waals surface area (Å²) in [7, 11) is 0. The van der Waals surface area contributed by atoms with E-state index < -0.39 is 5.97 Å². The Labute approximate surface area is 186 Å². The predicted molar refractivity (Wildman–Crippen MR) is 119 cm³/mol. The van der Waals surface area contributed by atoms with E-state index in [-0.39, 0.29) is 30.4 Å². The highest BCUT2D eigenvalue weighted by Crippen LogP contribution is 2.19. The van der Waals surface area contributed by atoms with Gasteiger partial charge in [0.15, 0.2) is 12.4 Å². The maximum Gasteiger partial charge on any atom is 0.338 e. The molecule has 32 heavy (non-hydrogen) atoms. The lowest BCUT2D eigenvalue weighted by atomic mass is 10.2. The molecule has 1 fully saturated rings. The van der Waals surface area contributed by atoms with E-state index in [1.807, 2.05) is 31.2 Å². The Bertz CT molecular complexity index is 1070. The Kier molecular flexibility index (Phi) is 6.76. The number of carbonyl (C=O) groups excluding carboxylic acids is 1. The highest BCUT2D eigenvalue weighted by Gasteiger charge is 2.16. The van der Waals surface area contributed by atoms with E-state index in [9.17, 15) is 4.79 Å². The SMILES string of the molecule is Cc1ccccc1Nc1nc(N)nc(COC(=O)c2ccc(OCC3CCCO3)cc2)n1. The molecule has 0 bridgehead atoms. The lowest BCUT2D eigenvalue weighted by molar-refractivity contribution is 0.0461. The maximum absolute atomic E-state index is 12.4. The van der Waals surface area contributed by atoms with Crippen molar-refractivity contribution < 1.29 is 19.0 Å². The van der Waals surface area contributed by atoms with Crippen LogP contribution in [0.4, 0.5) is 17.6 Å². The molecule has 166 valence electrons. The monoisotopic (exact) mass is 435 g/mol. The van der Waals surface area contributed by atoms with Gasteiger partial charge in [0.1, 0.15) is 12.4 Å². The first-order valence-electron chi connectivity index (χ1n) is 10.4. The van der Waals surface area contributed by atoms with E-state index in [0.29, 0.717) is 17.9 Å². The normalized spacial score (nSPS) is 15.3. The zero-order valence-corrected chi connectivity index (χ0v) is 17.8. The number of nitrogens with two attached hydrogens (primary N) is 1. The molecular weight excluding hydrogens is 410 g/mol. The van der Waals surface area contributed by atoms with Crippen molar-refractivity contribution in [1.29, 1.82) is 0 Å². The smallest absolute Gasteiger partial charge is 0.338 e. The number of nitrogen functional groups attached to an aromatic ring is 1. The number of esters is 1. The summed E-state index contributed by atoms with van der Waals surface area (Å²) in [5, 5.41) is 3.11. The first-order valence-corrected chi connectivity index (χ1v) is 10.4. The van der Waals surface area contributed by atoms with Crippen LogP contribution in [0, 0.1) is 6.92 Å². The number of aryl methyl sites for hydroxylation is 1. The van der Waals surface area contributed by atoms with Gasteiger partial charge in [-0.25, -0.2) is 4.79 Å². The number of nitrogens with one attached hydrogen (secondary N) is 1. The third kappa shape index (κ3) is 5.70. The number of hydrogen-bond acceptors (Lipinski definition) is 9. The molecule has 4 rings (SSSR count). The fraction of sp³-hybridized carbons (Fsp3) is 0.304. The average Bonchev–Trinajstić information content (AvgIpc) is 3.31. The number of para-hydroxylation sites is 1. The second-order valence-corrected chi connectivity index (χ2v) is 7.42. The summed E-state index contributed by atoms with van der Waals surface area (Å²) >= 11 is 0. The molecule has 3 aromatic rings. The van der Waals surface area contributed by atoms with Gasteiger partial charge in [0.25, 0.3) is 0 Å². The Morgan fingerprint density at radius 1 is 1.16 bits per heavy atom. The van der Waals surface area contributed by atoms with Gasteiger partial charge in [0.2, 0.25) is 11.9 Å². The third-order valence-electron chi connectivity index (χ3n) is 4.97. The molecule has 9 nitrogen and oxygen atoms in total. The van der Waals surface area contributed by atoms with Gasteiger partial charge < -0.3 is 25.3 Å². The zero-order chi connectivity index (χ0) is 22.3. The number of ether oxygens (including phenoxy) is 3. The lowest BCUT2D eigenvalue weighted by Crippen LogP contribution is -2.16. The van der Waals surface area contributed by atoms with E-state index in [0.717, 1.165) is 30.7 Å². The number of rotatable bonds is 8. The second-order valence-electron chi connectivity index (χ2n) is 7.42. The number of nitrogens with zero attached hydrogens (tertiary/aromatic N) is 3. The Balaban J connectivity index is 1.33. The van der Waals surface area contributed by atoms with E-state index >= 15 is 0 Å². The van der Waals surface area contributed by atoms with Crippen LogP contribution >= 0.6 is 0 Å². The average molecular weight is 435 g/mol. The number of hydrogen-bond donors (Lipinski definition) is 2. The van der Waals surface area contributed by atoms with Crippen molar-refractivity contribution in [2.75, 3.05) is 24.3 Å². The van der Waals surface area contributed by atoms with Gasteiger partial charge in [-0.05, 0) is 55.7 Å². The fourth-order valence-electron chi connectivity index (χ4n) is 3.26. The minimum Gasteiger partial charge on any atom is -0.491 e. The summed E-state index contributed by atoms with van der Waals surface area (Å²) in [5.74, 6) is 0.746. The highest BCUT2D eigenvalue weighted by atomic mass is 16.5. The first kappa shape index (κ1) is 21.5. The summed E-state index contributed by atoms with van der Waals surface area (Å²) in [4.78, 5) is 24.8.